The van der Waals surface area contributed by atoms with E-state index in [9.17, 15) is 13.2 Å². The summed E-state index contributed by atoms with van der Waals surface area (Å²) in [5.74, 6) is -0.316. The Labute approximate surface area is 158 Å². The average Bonchev–Trinajstić information content (AvgIpc) is 2.95. The molecule has 0 saturated carbocycles. The SMILES string of the molecule is Cc1ccccc1-n1ncc(C(=O)Nc2cccc(NS(C)(=O)=O)c2)c1C. The zero-order valence-corrected chi connectivity index (χ0v) is 16.0. The number of carbonyl (C=O) groups is 1. The maximum absolute atomic E-state index is 12.7. The fraction of sp³-hybridized carbons (Fsp3) is 0.158. The van der Waals surface area contributed by atoms with Gasteiger partial charge in [-0.2, -0.15) is 5.10 Å². The second-order valence-corrected chi connectivity index (χ2v) is 8.00. The van der Waals surface area contributed by atoms with Crippen LogP contribution >= 0.6 is 0 Å². The number of benzene rings is 2. The molecule has 2 aromatic carbocycles. The van der Waals surface area contributed by atoms with Crippen LogP contribution in [0.1, 0.15) is 21.6 Å². The number of hydrogen-bond donors (Lipinski definition) is 2. The van der Waals surface area contributed by atoms with E-state index in [1.165, 1.54) is 6.20 Å². The number of rotatable bonds is 5. The van der Waals surface area contributed by atoms with Crippen molar-refractivity contribution in [2.45, 2.75) is 13.8 Å². The summed E-state index contributed by atoms with van der Waals surface area (Å²) in [5.41, 5.74) is 3.98. The van der Waals surface area contributed by atoms with E-state index >= 15 is 0 Å². The van der Waals surface area contributed by atoms with Crippen LogP contribution in [-0.2, 0) is 10.0 Å². The quantitative estimate of drug-likeness (QED) is 0.707. The zero-order valence-electron chi connectivity index (χ0n) is 15.2. The zero-order chi connectivity index (χ0) is 19.6. The molecule has 0 spiro atoms. The Morgan fingerprint density at radius 2 is 1.74 bits per heavy atom. The monoisotopic (exact) mass is 384 g/mol. The summed E-state index contributed by atoms with van der Waals surface area (Å²) in [6.45, 7) is 3.81. The Hall–Kier alpha value is -3.13. The molecule has 0 saturated heterocycles. The minimum absolute atomic E-state index is 0.316. The van der Waals surface area contributed by atoms with E-state index in [1.54, 1.807) is 28.9 Å². The van der Waals surface area contributed by atoms with Crippen molar-refractivity contribution in [3.05, 3.63) is 71.5 Å². The number of anilines is 2. The number of hydrogen-bond acceptors (Lipinski definition) is 4. The number of aromatic nitrogens is 2. The van der Waals surface area contributed by atoms with Crippen molar-refractivity contribution < 1.29 is 13.2 Å². The van der Waals surface area contributed by atoms with Gasteiger partial charge >= 0.3 is 0 Å². The van der Waals surface area contributed by atoms with E-state index in [1.807, 2.05) is 38.1 Å². The third kappa shape index (κ3) is 4.35. The molecule has 3 rings (SSSR count). The molecule has 0 aliphatic rings. The fourth-order valence-electron chi connectivity index (χ4n) is 2.75. The normalized spacial score (nSPS) is 11.2. The van der Waals surface area contributed by atoms with Crippen LogP contribution in [0.3, 0.4) is 0 Å². The molecule has 0 aliphatic carbocycles. The third-order valence-corrected chi connectivity index (χ3v) is 4.63. The molecule has 1 aromatic heterocycles. The Morgan fingerprint density at radius 3 is 2.44 bits per heavy atom. The molecule has 0 radical (unpaired) electrons. The highest BCUT2D eigenvalue weighted by atomic mass is 32.2. The van der Waals surface area contributed by atoms with Crippen molar-refractivity contribution in [1.82, 2.24) is 9.78 Å². The number of aryl methyl sites for hydroxylation is 1. The van der Waals surface area contributed by atoms with Gasteiger partial charge in [-0.25, -0.2) is 13.1 Å². The number of sulfonamides is 1. The van der Waals surface area contributed by atoms with Crippen molar-refractivity contribution in [1.29, 1.82) is 0 Å². The first-order valence-corrected chi connectivity index (χ1v) is 10.1. The summed E-state index contributed by atoms with van der Waals surface area (Å²) in [4.78, 5) is 12.7. The van der Waals surface area contributed by atoms with Crippen LogP contribution in [0.2, 0.25) is 0 Å². The van der Waals surface area contributed by atoms with Crippen LogP contribution in [-0.4, -0.2) is 30.4 Å². The van der Waals surface area contributed by atoms with Crippen molar-refractivity contribution in [2.24, 2.45) is 0 Å². The molecule has 0 fully saturated rings. The lowest BCUT2D eigenvalue weighted by atomic mass is 10.2. The van der Waals surface area contributed by atoms with E-state index < -0.39 is 10.0 Å². The summed E-state index contributed by atoms with van der Waals surface area (Å²) < 4.78 is 26.8. The van der Waals surface area contributed by atoms with Gasteiger partial charge < -0.3 is 5.32 Å². The third-order valence-electron chi connectivity index (χ3n) is 4.02. The van der Waals surface area contributed by atoms with E-state index in [2.05, 4.69) is 15.1 Å². The second-order valence-electron chi connectivity index (χ2n) is 6.25. The van der Waals surface area contributed by atoms with Crippen LogP contribution in [0.15, 0.2) is 54.7 Å². The lowest BCUT2D eigenvalue weighted by Crippen LogP contribution is -2.14. The summed E-state index contributed by atoms with van der Waals surface area (Å²) in [7, 11) is -3.39. The predicted molar refractivity (Wildman–Crippen MR) is 106 cm³/mol. The first kappa shape index (κ1) is 18.7. The van der Waals surface area contributed by atoms with Crippen LogP contribution < -0.4 is 10.0 Å². The first-order chi connectivity index (χ1) is 12.7. The van der Waals surface area contributed by atoms with Gasteiger partial charge in [0.15, 0.2) is 0 Å². The maximum Gasteiger partial charge on any atom is 0.259 e. The Kier molecular flexibility index (Phi) is 5.00. The van der Waals surface area contributed by atoms with Crippen molar-refractivity contribution in [3.63, 3.8) is 0 Å². The van der Waals surface area contributed by atoms with Gasteiger partial charge in [0.25, 0.3) is 5.91 Å². The van der Waals surface area contributed by atoms with Crippen molar-refractivity contribution in [3.8, 4) is 5.69 Å². The summed E-state index contributed by atoms with van der Waals surface area (Å²) in [5, 5.41) is 7.12. The topological polar surface area (TPSA) is 93.1 Å². The molecular weight excluding hydrogens is 364 g/mol. The molecule has 8 heteroatoms. The van der Waals surface area contributed by atoms with Gasteiger partial charge in [0.1, 0.15) is 0 Å². The van der Waals surface area contributed by atoms with Gasteiger partial charge in [0, 0.05) is 5.69 Å². The minimum Gasteiger partial charge on any atom is -0.322 e. The van der Waals surface area contributed by atoms with Gasteiger partial charge in [-0.15, -0.1) is 0 Å². The molecule has 0 aliphatic heterocycles. The summed E-state index contributed by atoms with van der Waals surface area (Å²) in [6.07, 6.45) is 2.59. The Balaban J connectivity index is 1.84. The average molecular weight is 384 g/mol. The highest BCUT2D eigenvalue weighted by molar-refractivity contribution is 7.92. The molecule has 2 N–H and O–H groups in total. The van der Waals surface area contributed by atoms with Crippen LogP contribution in [0.4, 0.5) is 11.4 Å². The van der Waals surface area contributed by atoms with E-state index in [-0.39, 0.29) is 5.91 Å². The molecule has 0 bridgehead atoms. The lowest BCUT2D eigenvalue weighted by Gasteiger charge is -2.10. The number of carbonyl (C=O) groups excluding carboxylic acids is 1. The fourth-order valence-corrected chi connectivity index (χ4v) is 3.30. The standard InChI is InChI=1S/C19H20N4O3S/c1-13-7-4-5-10-18(13)23-14(2)17(12-20-23)19(24)21-15-8-6-9-16(11-15)22-27(3,25)26/h4-12,22H,1-3H3,(H,21,24). The molecule has 0 atom stereocenters. The van der Waals surface area contributed by atoms with Crippen molar-refractivity contribution >= 4 is 27.3 Å². The van der Waals surface area contributed by atoms with Crippen LogP contribution in [0.25, 0.3) is 5.69 Å². The van der Waals surface area contributed by atoms with E-state index in [4.69, 9.17) is 0 Å². The Bertz CT molecular complexity index is 1100. The van der Waals surface area contributed by atoms with Crippen molar-refractivity contribution in [2.75, 3.05) is 16.3 Å². The highest BCUT2D eigenvalue weighted by Gasteiger charge is 2.16. The molecule has 140 valence electrons. The number of nitrogens with zero attached hydrogens (tertiary/aromatic N) is 2. The summed E-state index contributed by atoms with van der Waals surface area (Å²) >= 11 is 0. The van der Waals surface area contributed by atoms with Crippen LogP contribution in [0, 0.1) is 13.8 Å². The van der Waals surface area contributed by atoms with Gasteiger partial charge in [-0.05, 0) is 43.7 Å². The molecule has 7 nitrogen and oxygen atoms in total. The molecule has 27 heavy (non-hydrogen) atoms. The number of amides is 1. The lowest BCUT2D eigenvalue weighted by molar-refractivity contribution is 0.102. The van der Waals surface area contributed by atoms with Gasteiger partial charge in [0.2, 0.25) is 10.0 Å². The molecule has 1 amide bonds. The molecule has 3 aromatic rings. The molecule has 0 unspecified atom stereocenters. The first-order valence-electron chi connectivity index (χ1n) is 8.24. The van der Waals surface area contributed by atoms with E-state index in [0.29, 0.717) is 22.6 Å². The largest absolute Gasteiger partial charge is 0.322 e. The van der Waals surface area contributed by atoms with Gasteiger partial charge in [0.05, 0.1) is 35.1 Å². The summed E-state index contributed by atoms with van der Waals surface area (Å²) in [6, 6.07) is 14.3. The van der Waals surface area contributed by atoms with Gasteiger partial charge in [-0.3, -0.25) is 9.52 Å². The smallest absolute Gasteiger partial charge is 0.259 e. The molecular formula is C19H20N4O3S. The van der Waals surface area contributed by atoms with E-state index in [0.717, 1.165) is 17.5 Å². The molecule has 1 heterocycles. The minimum atomic E-state index is -3.39. The number of nitrogens with one attached hydrogen (secondary N) is 2. The predicted octanol–water partition coefficient (Wildman–Crippen LogP) is 3.11. The maximum atomic E-state index is 12.7. The van der Waals surface area contributed by atoms with Crippen LogP contribution in [0.5, 0.6) is 0 Å². The Morgan fingerprint density at radius 1 is 1.04 bits per heavy atom. The second kappa shape index (κ2) is 7.24. The highest BCUT2D eigenvalue weighted by Crippen LogP contribution is 2.20. The van der Waals surface area contributed by atoms with Gasteiger partial charge in [-0.1, -0.05) is 24.3 Å². The number of para-hydroxylation sites is 1.